The highest BCUT2D eigenvalue weighted by Crippen LogP contribution is 2.41. The third kappa shape index (κ3) is 2.16. The van der Waals surface area contributed by atoms with Crippen LogP contribution in [0.5, 0.6) is 5.75 Å². The molecule has 0 aliphatic rings. The normalized spacial score (nSPS) is 11.2. The van der Waals surface area contributed by atoms with Crippen LogP contribution in [-0.4, -0.2) is 5.11 Å². The predicted octanol–water partition coefficient (Wildman–Crippen LogP) is 4.82. The monoisotopic (exact) mass is 299 g/mol. The molecular formula is C21H17NO. The SMILES string of the molecule is NCc1ccc2ccccc2c1-c1c(O)ccc2ccccc12. The molecule has 0 saturated carbocycles. The van der Waals surface area contributed by atoms with E-state index in [0.29, 0.717) is 6.54 Å². The number of hydrogen-bond acceptors (Lipinski definition) is 2. The van der Waals surface area contributed by atoms with Crippen LogP contribution in [-0.2, 0) is 6.54 Å². The average Bonchev–Trinajstić information content (AvgIpc) is 2.61. The van der Waals surface area contributed by atoms with E-state index in [4.69, 9.17) is 5.73 Å². The smallest absolute Gasteiger partial charge is 0.124 e. The Kier molecular flexibility index (Phi) is 3.25. The molecule has 0 atom stereocenters. The minimum Gasteiger partial charge on any atom is -0.507 e. The number of phenols is 1. The van der Waals surface area contributed by atoms with Gasteiger partial charge >= 0.3 is 0 Å². The lowest BCUT2D eigenvalue weighted by Crippen LogP contribution is -2.00. The topological polar surface area (TPSA) is 46.2 Å². The summed E-state index contributed by atoms with van der Waals surface area (Å²) in [6.07, 6.45) is 0. The van der Waals surface area contributed by atoms with Crippen LogP contribution in [0.15, 0.2) is 72.8 Å². The maximum absolute atomic E-state index is 10.6. The fraction of sp³-hybridized carbons (Fsp3) is 0.0476. The minimum atomic E-state index is 0.287. The molecule has 4 aromatic rings. The summed E-state index contributed by atoms with van der Waals surface area (Å²) in [5.41, 5.74) is 8.92. The summed E-state index contributed by atoms with van der Waals surface area (Å²) in [5.74, 6) is 0.287. The number of rotatable bonds is 2. The Labute approximate surface area is 134 Å². The first-order valence-corrected chi connectivity index (χ1v) is 7.71. The molecule has 4 aromatic carbocycles. The second-order valence-electron chi connectivity index (χ2n) is 5.71. The Hall–Kier alpha value is -2.84. The van der Waals surface area contributed by atoms with E-state index in [2.05, 4.69) is 30.3 Å². The molecule has 2 nitrogen and oxygen atoms in total. The molecule has 3 N–H and O–H groups in total. The summed E-state index contributed by atoms with van der Waals surface area (Å²) >= 11 is 0. The van der Waals surface area contributed by atoms with Crippen molar-refractivity contribution >= 4 is 21.5 Å². The van der Waals surface area contributed by atoms with E-state index in [0.717, 1.165) is 38.2 Å². The summed E-state index contributed by atoms with van der Waals surface area (Å²) in [5, 5.41) is 15.0. The largest absolute Gasteiger partial charge is 0.507 e. The van der Waals surface area contributed by atoms with Gasteiger partial charge in [-0.1, -0.05) is 66.7 Å². The van der Waals surface area contributed by atoms with Gasteiger partial charge in [0, 0.05) is 12.1 Å². The van der Waals surface area contributed by atoms with E-state index < -0.39 is 0 Å². The molecule has 0 heterocycles. The third-order valence-corrected chi connectivity index (χ3v) is 4.39. The molecule has 0 amide bonds. The average molecular weight is 299 g/mol. The van der Waals surface area contributed by atoms with Crippen LogP contribution in [0.4, 0.5) is 0 Å². The zero-order valence-electron chi connectivity index (χ0n) is 12.7. The third-order valence-electron chi connectivity index (χ3n) is 4.39. The van der Waals surface area contributed by atoms with Gasteiger partial charge in [-0.05, 0) is 38.7 Å². The van der Waals surface area contributed by atoms with Crippen LogP contribution in [0, 0.1) is 0 Å². The Balaban J connectivity index is 2.21. The summed E-state index contributed by atoms with van der Waals surface area (Å²) < 4.78 is 0. The molecule has 0 aliphatic carbocycles. The molecule has 0 bridgehead atoms. The maximum atomic E-state index is 10.6. The van der Waals surface area contributed by atoms with E-state index in [9.17, 15) is 5.11 Å². The van der Waals surface area contributed by atoms with Crippen molar-refractivity contribution in [1.82, 2.24) is 0 Å². The van der Waals surface area contributed by atoms with Crippen molar-refractivity contribution in [3.63, 3.8) is 0 Å². The molecule has 0 aromatic heterocycles. The van der Waals surface area contributed by atoms with Gasteiger partial charge in [0.1, 0.15) is 5.75 Å². The van der Waals surface area contributed by atoms with Gasteiger partial charge in [-0.25, -0.2) is 0 Å². The van der Waals surface area contributed by atoms with Crippen molar-refractivity contribution in [2.24, 2.45) is 5.73 Å². The van der Waals surface area contributed by atoms with Crippen LogP contribution < -0.4 is 5.73 Å². The van der Waals surface area contributed by atoms with Gasteiger partial charge in [0.05, 0.1) is 0 Å². The van der Waals surface area contributed by atoms with Crippen LogP contribution in [0.2, 0.25) is 0 Å². The van der Waals surface area contributed by atoms with Gasteiger partial charge in [-0.15, -0.1) is 0 Å². The molecule has 0 fully saturated rings. The Morgan fingerprint density at radius 3 is 1.87 bits per heavy atom. The number of benzene rings is 4. The molecule has 2 heteroatoms. The summed E-state index contributed by atoms with van der Waals surface area (Å²) in [4.78, 5) is 0. The highest BCUT2D eigenvalue weighted by molar-refractivity contribution is 6.08. The fourth-order valence-electron chi connectivity index (χ4n) is 3.30. The molecule has 0 aliphatic heterocycles. The second-order valence-corrected chi connectivity index (χ2v) is 5.71. The van der Waals surface area contributed by atoms with Crippen LogP contribution in [0.1, 0.15) is 5.56 Å². The summed E-state index contributed by atoms with van der Waals surface area (Å²) in [6.45, 7) is 0.433. The number of aromatic hydroxyl groups is 1. The Morgan fingerprint density at radius 2 is 1.22 bits per heavy atom. The van der Waals surface area contributed by atoms with Crippen molar-refractivity contribution in [2.45, 2.75) is 6.54 Å². The molecule has 112 valence electrons. The van der Waals surface area contributed by atoms with E-state index >= 15 is 0 Å². The Morgan fingerprint density at radius 1 is 0.652 bits per heavy atom. The first-order valence-electron chi connectivity index (χ1n) is 7.71. The maximum Gasteiger partial charge on any atom is 0.124 e. The molecule has 4 rings (SSSR count). The van der Waals surface area contributed by atoms with Gasteiger partial charge < -0.3 is 10.8 Å². The summed E-state index contributed by atoms with van der Waals surface area (Å²) in [7, 11) is 0. The van der Waals surface area contributed by atoms with Crippen LogP contribution >= 0.6 is 0 Å². The Bertz CT molecular complexity index is 1020. The quantitative estimate of drug-likeness (QED) is 0.557. The van der Waals surface area contributed by atoms with Gasteiger partial charge in [-0.2, -0.15) is 0 Å². The second kappa shape index (κ2) is 5.41. The number of nitrogens with two attached hydrogens (primary N) is 1. The van der Waals surface area contributed by atoms with Crippen molar-refractivity contribution in [1.29, 1.82) is 0 Å². The van der Waals surface area contributed by atoms with Gasteiger partial charge in [0.2, 0.25) is 0 Å². The minimum absolute atomic E-state index is 0.287. The lowest BCUT2D eigenvalue weighted by atomic mass is 9.89. The lowest BCUT2D eigenvalue weighted by Gasteiger charge is -2.16. The molecule has 23 heavy (non-hydrogen) atoms. The zero-order chi connectivity index (χ0) is 15.8. The molecule has 0 spiro atoms. The van der Waals surface area contributed by atoms with Gasteiger partial charge in [0.25, 0.3) is 0 Å². The van der Waals surface area contributed by atoms with E-state index in [1.54, 1.807) is 6.07 Å². The van der Waals surface area contributed by atoms with Crippen molar-refractivity contribution in [3.05, 3.63) is 78.4 Å². The highest BCUT2D eigenvalue weighted by Gasteiger charge is 2.15. The number of phenolic OH excluding ortho intramolecular Hbond substituents is 1. The van der Waals surface area contributed by atoms with Crippen LogP contribution in [0.3, 0.4) is 0 Å². The molecular weight excluding hydrogens is 282 g/mol. The van der Waals surface area contributed by atoms with Crippen molar-refractivity contribution in [3.8, 4) is 16.9 Å². The molecule has 0 radical (unpaired) electrons. The number of fused-ring (bicyclic) bond motifs is 2. The fourth-order valence-corrected chi connectivity index (χ4v) is 3.30. The van der Waals surface area contributed by atoms with Crippen LogP contribution in [0.25, 0.3) is 32.7 Å². The highest BCUT2D eigenvalue weighted by atomic mass is 16.3. The zero-order valence-corrected chi connectivity index (χ0v) is 12.7. The summed E-state index contributed by atoms with van der Waals surface area (Å²) in [6, 6.07) is 24.2. The van der Waals surface area contributed by atoms with E-state index in [1.165, 1.54) is 0 Å². The van der Waals surface area contributed by atoms with Crippen molar-refractivity contribution < 1.29 is 5.11 Å². The first kappa shape index (κ1) is 13.8. The van der Waals surface area contributed by atoms with E-state index in [1.807, 2.05) is 36.4 Å². The van der Waals surface area contributed by atoms with Gasteiger partial charge in [0.15, 0.2) is 0 Å². The molecule has 0 unspecified atom stereocenters. The lowest BCUT2D eigenvalue weighted by molar-refractivity contribution is 0.478. The molecule has 0 saturated heterocycles. The standard InChI is InChI=1S/C21H17NO/c22-13-16-10-9-14-5-1-3-7-17(14)20(16)21-18-8-4-2-6-15(18)11-12-19(21)23/h1-12,23H,13,22H2. The van der Waals surface area contributed by atoms with E-state index in [-0.39, 0.29) is 5.75 Å². The van der Waals surface area contributed by atoms with Crippen molar-refractivity contribution in [2.75, 3.05) is 0 Å². The van der Waals surface area contributed by atoms with Gasteiger partial charge in [-0.3, -0.25) is 0 Å². The first-order chi connectivity index (χ1) is 11.3. The predicted molar refractivity (Wildman–Crippen MR) is 96.4 cm³/mol. The number of hydrogen-bond donors (Lipinski definition) is 2.